The van der Waals surface area contributed by atoms with Crippen LogP contribution in [0.2, 0.25) is 0 Å². The van der Waals surface area contributed by atoms with Gasteiger partial charge in [-0.2, -0.15) is 5.10 Å². The van der Waals surface area contributed by atoms with Crippen LogP contribution in [0, 0.1) is 0 Å². The highest BCUT2D eigenvalue weighted by Gasteiger charge is 2.23. The van der Waals surface area contributed by atoms with Crippen molar-refractivity contribution < 1.29 is 9.90 Å². The van der Waals surface area contributed by atoms with E-state index in [2.05, 4.69) is 20.4 Å². The van der Waals surface area contributed by atoms with Gasteiger partial charge in [0.05, 0.1) is 24.1 Å². The van der Waals surface area contributed by atoms with Crippen molar-refractivity contribution in [2.24, 2.45) is 7.05 Å². The van der Waals surface area contributed by atoms with Crippen LogP contribution in [-0.4, -0.2) is 30.8 Å². The lowest BCUT2D eigenvalue weighted by atomic mass is 9.93. The molecule has 20 heavy (non-hydrogen) atoms. The van der Waals surface area contributed by atoms with Gasteiger partial charge in [0, 0.05) is 18.8 Å². The number of fused-ring (bicyclic) bond motifs is 1. The third-order valence-corrected chi connectivity index (χ3v) is 3.41. The highest BCUT2D eigenvalue weighted by atomic mass is 16.4. The third-order valence-electron chi connectivity index (χ3n) is 3.41. The largest absolute Gasteiger partial charge is 0.476 e. The molecule has 0 aromatic carbocycles. The van der Waals surface area contributed by atoms with Crippen molar-refractivity contribution in [3.8, 4) is 0 Å². The Morgan fingerprint density at radius 3 is 3.00 bits per heavy atom. The molecule has 0 amide bonds. The zero-order valence-electron chi connectivity index (χ0n) is 11.1. The molecule has 0 aliphatic heterocycles. The molecule has 2 aromatic heterocycles. The summed E-state index contributed by atoms with van der Waals surface area (Å²) in [4.78, 5) is 18.7. The highest BCUT2D eigenvalue weighted by molar-refractivity contribution is 5.84. The predicted octanol–water partition coefficient (Wildman–Crippen LogP) is 1.40. The van der Waals surface area contributed by atoms with E-state index in [0.717, 1.165) is 25.0 Å². The van der Waals surface area contributed by atoms with Crippen molar-refractivity contribution in [2.45, 2.75) is 25.3 Å². The monoisotopic (exact) mass is 273 g/mol. The number of aryl methyl sites for hydroxylation is 2. The van der Waals surface area contributed by atoms with Gasteiger partial charge in [-0.15, -0.1) is 0 Å². The number of carbonyl (C=O) groups is 1. The molecule has 0 radical (unpaired) electrons. The van der Waals surface area contributed by atoms with Gasteiger partial charge in [0.25, 0.3) is 0 Å². The van der Waals surface area contributed by atoms with Crippen molar-refractivity contribution in [3.05, 3.63) is 35.5 Å². The Balaban J connectivity index is 1.80. The summed E-state index contributed by atoms with van der Waals surface area (Å²) in [5.74, 6) is -0.493. The zero-order valence-corrected chi connectivity index (χ0v) is 11.1. The lowest BCUT2D eigenvalue weighted by molar-refractivity contribution is 0.0690. The lowest BCUT2D eigenvalue weighted by Crippen LogP contribution is -2.17. The fourth-order valence-electron chi connectivity index (χ4n) is 2.51. The van der Waals surface area contributed by atoms with Crippen LogP contribution in [0.3, 0.4) is 0 Å². The van der Waals surface area contributed by atoms with Crippen LogP contribution in [0.4, 0.5) is 5.82 Å². The maximum atomic E-state index is 10.7. The molecule has 0 saturated carbocycles. The molecular weight excluding hydrogens is 258 g/mol. The van der Waals surface area contributed by atoms with Crippen LogP contribution in [0.15, 0.2) is 18.6 Å². The Labute approximate surface area is 115 Å². The topological polar surface area (TPSA) is 92.9 Å². The molecule has 3 rings (SSSR count). The van der Waals surface area contributed by atoms with E-state index in [9.17, 15) is 4.79 Å². The molecule has 2 N–H and O–H groups in total. The average Bonchev–Trinajstić information content (AvgIpc) is 2.81. The number of aromatic nitrogens is 4. The summed E-state index contributed by atoms with van der Waals surface area (Å²) in [5, 5.41) is 16.5. The first kappa shape index (κ1) is 12.6. The van der Waals surface area contributed by atoms with Crippen LogP contribution >= 0.6 is 0 Å². The van der Waals surface area contributed by atoms with Crippen molar-refractivity contribution in [1.29, 1.82) is 0 Å². The summed E-state index contributed by atoms with van der Waals surface area (Å²) in [5.41, 5.74) is 2.25. The summed E-state index contributed by atoms with van der Waals surface area (Å²) < 4.78 is 1.82. The molecule has 7 heteroatoms. The second-order valence-corrected chi connectivity index (χ2v) is 4.89. The first-order chi connectivity index (χ1) is 9.63. The lowest BCUT2D eigenvalue weighted by Gasteiger charge is -2.22. The van der Waals surface area contributed by atoms with Gasteiger partial charge in [-0.1, -0.05) is 0 Å². The maximum absolute atomic E-state index is 10.7. The summed E-state index contributed by atoms with van der Waals surface area (Å²) >= 11 is 0. The average molecular weight is 273 g/mol. The molecule has 2 aromatic rings. The van der Waals surface area contributed by atoms with Crippen molar-refractivity contribution >= 4 is 11.8 Å². The normalized spacial score (nSPS) is 17.6. The van der Waals surface area contributed by atoms with Crippen molar-refractivity contribution in [3.63, 3.8) is 0 Å². The number of aromatic carboxylic acids is 1. The van der Waals surface area contributed by atoms with E-state index in [1.54, 1.807) is 0 Å². The van der Waals surface area contributed by atoms with Crippen LogP contribution in [0.25, 0.3) is 0 Å². The van der Waals surface area contributed by atoms with Crippen LogP contribution in [0.1, 0.15) is 40.6 Å². The molecule has 1 aliphatic carbocycles. The van der Waals surface area contributed by atoms with Crippen LogP contribution in [-0.2, 0) is 13.5 Å². The zero-order chi connectivity index (χ0) is 14.1. The SMILES string of the molecule is Cn1cc2c(n1)CCCC2Nc1cnc(C(=O)O)cn1. The Morgan fingerprint density at radius 2 is 2.30 bits per heavy atom. The number of hydrogen-bond donors (Lipinski definition) is 2. The van der Waals surface area contributed by atoms with Gasteiger partial charge in [-0.25, -0.2) is 14.8 Å². The van der Waals surface area contributed by atoms with E-state index < -0.39 is 5.97 Å². The molecule has 1 aliphatic rings. The highest BCUT2D eigenvalue weighted by Crippen LogP contribution is 2.31. The van der Waals surface area contributed by atoms with Gasteiger partial charge in [-0.05, 0) is 19.3 Å². The van der Waals surface area contributed by atoms with Gasteiger partial charge < -0.3 is 10.4 Å². The van der Waals surface area contributed by atoms with E-state index in [4.69, 9.17) is 5.11 Å². The standard InChI is InChI=1S/C13H15N5O2/c1-18-7-8-9(3-2-4-10(8)17-18)16-12-6-14-11(5-15-12)13(19)20/h5-7,9H,2-4H2,1H3,(H,15,16)(H,19,20). The number of nitrogens with zero attached hydrogens (tertiary/aromatic N) is 4. The third kappa shape index (κ3) is 2.34. The van der Waals surface area contributed by atoms with E-state index in [1.807, 2.05) is 17.9 Å². The summed E-state index contributed by atoms with van der Waals surface area (Å²) in [6.45, 7) is 0. The van der Waals surface area contributed by atoms with Gasteiger partial charge in [-0.3, -0.25) is 4.68 Å². The number of carboxylic acids is 1. The molecule has 0 spiro atoms. The Kier molecular flexibility index (Phi) is 3.09. The molecule has 0 saturated heterocycles. The molecule has 2 heterocycles. The Hall–Kier alpha value is -2.44. The van der Waals surface area contributed by atoms with Gasteiger partial charge in [0.1, 0.15) is 5.82 Å². The van der Waals surface area contributed by atoms with E-state index in [0.29, 0.717) is 5.82 Å². The first-order valence-corrected chi connectivity index (χ1v) is 6.48. The number of rotatable bonds is 3. The van der Waals surface area contributed by atoms with Crippen LogP contribution < -0.4 is 5.32 Å². The minimum atomic E-state index is -1.07. The van der Waals surface area contributed by atoms with Gasteiger partial charge in [0.2, 0.25) is 0 Å². The minimum Gasteiger partial charge on any atom is -0.476 e. The molecular formula is C13H15N5O2. The second-order valence-electron chi connectivity index (χ2n) is 4.89. The molecule has 104 valence electrons. The second kappa shape index (κ2) is 4.92. The molecule has 1 atom stereocenters. The van der Waals surface area contributed by atoms with Gasteiger partial charge in [0.15, 0.2) is 5.69 Å². The summed E-state index contributed by atoms with van der Waals surface area (Å²) in [6.07, 6.45) is 7.80. The number of carboxylic acid groups (broad SMARTS) is 1. The minimum absolute atomic E-state index is 0.0544. The van der Waals surface area contributed by atoms with E-state index >= 15 is 0 Å². The smallest absolute Gasteiger partial charge is 0.356 e. The summed E-state index contributed by atoms with van der Waals surface area (Å²) in [6, 6.07) is 0.150. The molecule has 0 fully saturated rings. The fraction of sp³-hybridized carbons (Fsp3) is 0.385. The Morgan fingerprint density at radius 1 is 1.45 bits per heavy atom. The first-order valence-electron chi connectivity index (χ1n) is 6.48. The quantitative estimate of drug-likeness (QED) is 0.878. The van der Waals surface area contributed by atoms with Crippen LogP contribution in [0.5, 0.6) is 0 Å². The molecule has 1 unspecified atom stereocenters. The Bertz CT molecular complexity index is 635. The maximum Gasteiger partial charge on any atom is 0.356 e. The number of nitrogens with one attached hydrogen (secondary N) is 1. The number of hydrogen-bond acceptors (Lipinski definition) is 5. The van der Waals surface area contributed by atoms with Crippen molar-refractivity contribution in [2.75, 3.05) is 5.32 Å². The number of anilines is 1. The fourth-order valence-corrected chi connectivity index (χ4v) is 2.51. The van der Waals surface area contributed by atoms with Crippen molar-refractivity contribution in [1.82, 2.24) is 19.7 Å². The summed E-state index contributed by atoms with van der Waals surface area (Å²) in [7, 11) is 1.91. The molecule has 0 bridgehead atoms. The van der Waals surface area contributed by atoms with Gasteiger partial charge >= 0.3 is 5.97 Å². The predicted molar refractivity (Wildman–Crippen MR) is 71.5 cm³/mol. The van der Waals surface area contributed by atoms with E-state index in [1.165, 1.54) is 18.0 Å². The molecule has 7 nitrogen and oxygen atoms in total. The van der Waals surface area contributed by atoms with E-state index in [-0.39, 0.29) is 11.7 Å².